The van der Waals surface area contributed by atoms with E-state index < -0.39 is 0 Å². The Morgan fingerprint density at radius 2 is 1.60 bits per heavy atom. The molecule has 0 radical (unpaired) electrons. The molecule has 6 heteroatoms. The Kier molecular flexibility index (Phi) is 4.88. The first-order valence-corrected chi connectivity index (χ1v) is 7.64. The Labute approximate surface area is 119 Å². The fraction of sp³-hybridized carbons (Fsp3) is 0.929. The van der Waals surface area contributed by atoms with Crippen LogP contribution < -0.4 is 0 Å². The van der Waals surface area contributed by atoms with Gasteiger partial charge < -0.3 is 19.1 Å². The first kappa shape index (κ1) is 14.3. The van der Waals surface area contributed by atoms with Crippen LogP contribution in [0.25, 0.3) is 0 Å². The normalized spacial score (nSPS) is 27.1. The Balaban J connectivity index is 1.40. The van der Waals surface area contributed by atoms with Crippen LogP contribution in [0.4, 0.5) is 0 Å². The largest absolute Gasteiger partial charge is 0.378 e. The Morgan fingerprint density at radius 1 is 0.950 bits per heavy atom. The number of hydrogen-bond acceptors (Lipinski definition) is 5. The first-order valence-electron chi connectivity index (χ1n) is 7.64. The van der Waals surface area contributed by atoms with Gasteiger partial charge in [-0.05, 0) is 25.9 Å². The van der Waals surface area contributed by atoms with Crippen LogP contribution in [0.15, 0.2) is 0 Å². The lowest BCUT2D eigenvalue weighted by Gasteiger charge is -2.35. The number of carbonyl (C=O) groups excluding carboxylic acids is 1. The average Bonchev–Trinajstić information content (AvgIpc) is 3.03. The molecule has 1 amide bonds. The molecule has 3 aliphatic rings. The quantitative estimate of drug-likeness (QED) is 0.726. The van der Waals surface area contributed by atoms with Crippen LogP contribution in [0.5, 0.6) is 0 Å². The van der Waals surface area contributed by atoms with Crippen molar-refractivity contribution in [2.45, 2.75) is 19.1 Å². The SMILES string of the molecule is O=C(CN1CCC(C2OCCO2)CC1)N1CCOCC1. The zero-order chi connectivity index (χ0) is 13.8. The predicted molar refractivity (Wildman–Crippen MR) is 72.3 cm³/mol. The van der Waals surface area contributed by atoms with Crippen LogP contribution in [0.1, 0.15) is 12.8 Å². The standard InChI is InChI=1S/C14H24N2O4/c17-13(16-5-7-18-8-6-16)11-15-3-1-12(2-4-15)14-19-9-10-20-14/h12,14H,1-11H2. The van der Waals surface area contributed by atoms with Gasteiger partial charge in [0.1, 0.15) is 0 Å². The van der Waals surface area contributed by atoms with Crippen molar-refractivity contribution in [2.24, 2.45) is 5.92 Å². The summed E-state index contributed by atoms with van der Waals surface area (Å²) >= 11 is 0. The minimum atomic E-state index is -0.00732. The van der Waals surface area contributed by atoms with E-state index in [1.165, 1.54) is 0 Å². The van der Waals surface area contributed by atoms with Gasteiger partial charge >= 0.3 is 0 Å². The van der Waals surface area contributed by atoms with Crippen LogP contribution in [-0.2, 0) is 19.0 Å². The fourth-order valence-electron chi connectivity index (χ4n) is 3.14. The summed E-state index contributed by atoms with van der Waals surface area (Å²) in [7, 11) is 0. The molecule has 3 aliphatic heterocycles. The molecule has 0 spiro atoms. The highest BCUT2D eigenvalue weighted by molar-refractivity contribution is 5.78. The number of nitrogens with zero attached hydrogens (tertiary/aromatic N) is 2. The average molecular weight is 284 g/mol. The molecule has 0 aromatic heterocycles. The zero-order valence-corrected chi connectivity index (χ0v) is 12.0. The number of carbonyl (C=O) groups is 1. The topological polar surface area (TPSA) is 51.2 Å². The van der Waals surface area contributed by atoms with Crippen LogP contribution in [-0.4, -0.2) is 81.1 Å². The van der Waals surface area contributed by atoms with Gasteiger partial charge in [-0.25, -0.2) is 0 Å². The number of morpholine rings is 1. The maximum atomic E-state index is 12.2. The first-order chi connectivity index (χ1) is 9.83. The van der Waals surface area contributed by atoms with Crippen LogP contribution in [0.3, 0.4) is 0 Å². The molecule has 0 atom stereocenters. The third-order valence-corrected chi connectivity index (χ3v) is 4.39. The van der Waals surface area contributed by atoms with Gasteiger partial charge in [-0.2, -0.15) is 0 Å². The van der Waals surface area contributed by atoms with Gasteiger partial charge in [-0.3, -0.25) is 9.69 Å². The lowest BCUT2D eigenvalue weighted by molar-refractivity contribution is -0.137. The molecule has 3 rings (SSSR count). The molecule has 0 aromatic rings. The van der Waals surface area contributed by atoms with E-state index in [0.29, 0.717) is 25.7 Å². The number of piperidine rings is 1. The number of ether oxygens (including phenoxy) is 3. The van der Waals surface area contributed by atoms with E-state index in [1.807, 2.05) is 4.90 Å². The van der Waals surface area contributed by atoms with E-state index in [0.717, 1.165) is 52.2 Å². The molecular weight excluding hydrogens is 260 g/mol. The molecule has 3 saturated heterocycles. The summed E-state index contributed by atoms with van der Waals surface area (Å²) in [5.41, 5.74) is 0. The number of rotatable bonds is 3. The predicted octanol–water partition coefficient (Wildman–Crippen LogP) is -0.0699. The summed E-state index contributed by atoms with van der Waals surface area (Å²) < 4.78 is 16.4. The monoisotopic (exact) mass is 284 g/mol. The van der Waals surface area contributed by atoms with Gasteiger partial charge in [0, 0.05) is 19.0 Å². The maximum absolute atomic E-state index is 12.2. The van der Waals surface area contributed by atoms with Gasteiger partial charge in [0.2, 0.25) is 5.91 Å². The van der Waals surface area contributed by atoms with Crippen molar-refractivity contribution < 1.29 is 19.0 Å². The summed E-state index contributed by atoms with van der Waals surface area (Å²) in [4.78, 5) is 16.4. The van der Waals surface area contributed by atoms with Crippen LogP contribution in [0.2, 0.25) is 0 Å². The van der Waals surface area contributed by atoms with E-state index in [4.69, 9.17) is 14.2 Å². The molecule has 0 aliphatic carbocycles. The second kappa shape index (κ2) is 6.85. The van der Waals surface area contributed by atoms with Crippen molar-refractivity contribution in [1.29, 1.82) is 0 Å². The van der Waals surface area contributed by atoms with Crippen LogP contribution in [0, 0.1) is 5.92 Å². The van der Waals surface area contributed by atoms with E-state index in [-0.39, 0.29) is 12.2 Å². The lowest BCUT2D eigenvalue weighted by atomic mass is 9.96. The van der Waals surface area contributed by atoms with Crippen molar-refractivity contribution >= 4 is 5.91 Å². The molecule has 0 aromatic carbocycles. The number of likely N-dealkylation sites (tertiary alicyclic amines) is 1. The molecule has 0 saturated carbocycles. The van der Waals surface area contributed by atoms with E-state index in [9.17, 15) is 4.79 Å². The van der Waals surface area contributed by atoms with Gasteiger partial charge in [-0.1, -0.05) is 0 Å². The van der Waals surface area contributed by atoms with E-state index in [2.05, 4.69) is 4.90 Å². The van der Waals surface area contributed by atoms with Crippen LogP contribution >= 0.6 is 0 Å². The third-order valence-electron chi connectivity index (χ3n) is 4.39. The lowest BCUT2D eigenvalue weighted by Crippen LogP contribution is -2.48. The second-order valence-electron chi connectivity index (χ2n) is 5.72. The van der Waals surface area contributed by atoms with Gasteiger partial charge in [-0.15, -0.1) is 0 Å². The van der Waals surface area contributed by atoms with Crippen molar-refractivity contribution in [3.05, 3.63) is 0 Å². The molecule has 6 nitrogen and oxygen atoms in total. The number of amides is 1. The van der Waals surface area contributed by atoms with Gasteiger partial charge in [0.15, 0.2) is 6.29 Å². The summed E-state index contributed by atoms with van der Waals surface area (Å²) in [5, 5.41) is 0. The van der Waals surface area contributed by atoms with Crippen molar-refractivity contribution in [2.75, 3.05) is 59.2 Å². The smallest absolute Gasteiger partial charge is 0.236 e. The fourth-order valence-corrected chi connectivity index (χ4v) is 3.14. The summed E-state index contributed by atoms with van der Waals surface area (Å²) in [5.74, 6) is 0.729. The molecule has 0 unspecified atom stereocenters. The molecule has 0 bridgehead atoms. The molecule has 3 heterocycles. The highest BCUT2D eigenvalue weighted by atomic mass is 16.7. The summed E-state index contributed by atoms with van der Waals surface area (Å²) in [6.45, 7) is 6.72. The van der Waals surface area contributed by atoms with Crippen molar-refractivity contribution in [1.82, 2.24) is 9.80 Å². The highest BCUT2D eigenvalue weighted by Gasteiger charge is 2.31. The Hall–Kier alpha value is -0.690. The molecule has 0 N–H and O–H groups in total. The minimum Gasteiger partial charge on any atom is -0.378 e. The number of hydrogen-bond donors (Lipinski definition) is 0. The van der Waals surface area contributed by atoms with Crippen molar-refractivity contribution in [3.63, 3.8) is 0 Å². The van der Waals surface area contributed by atoms with Gasteiger partial charge in [0.25, 0.3) is 0 Å². The molecule has 3 fully saturated rings. The van der Waals surface area contributed by atoms with Gasteiger partial charge in [0.05, 0.1) is 33.0 Å². The van der Waals surface area contributed by atoms with E-state index >= 15 is 0 Å². The van der Waals surface area contributed by atoms with E-state index in [1.54, 1.807) is 0 Å². The Morgan fingerprint density at radius 3 is 2.25 bits per heavy atom. The highest BCUT2D eigenvalue weighted by Crippen LogP contribution is 2.25. The zero-order valence-electron chi connectivity index (χ0n) is 12.0. The Bertz CT molecular complexity index is 319. The second-order valence-corrected chi connectivity index (χ2v) is 5.72. The van der Waals surface area contributed by atoms with Crippen molar-refractivity contribution in [3.8, 4) is 0 Å². The minimum absolute atomic E-state index is 0.00732. The maximum Gasteiger partial charge on any atom is 0.236 e. The summed E-state index contributed by atoms with van der Waals surface area (Å²) in [6.07, 6.45) is 2.11. The summed E-state index contributed by atoms with van der Waals surface area (Å²) in [6, 6.07) is 0. The molecule has 20 heavy (non-hydrogen) atoms. The molecule has 114 valence electrons. The third kappa shape index (κ3) is 3.49. The molecular formula is C14H24N2O4.